The Balaban J connectivity index is 0.00000280. The number of phenolic OH excluding ortho intramolecular Hbond substituents is 1. The molecule has 26 heavy (non-hydrogen) atoms. The smallest absolute Gasteiger partial charge is 0.157 e. The van der Waals surface area contributed by atoms with Crippen LogP contribution in [0.4, 0.5) is 0 Å². The molecule has 136 valence electrons. The molecule has 0 saturated carbocycles. The summed E-state index contributed by atoms with van der Waals surface area (Å²) >= 11 is 0. The molecule has 1 aromatic carbocycles. The number of aldehydes is 1. The Bertz CT molecular complexity index is 977. The van der Waals surface area contributed by atoms with E-state index in [-0.39, 0.29) is 41.0 Å². The topological polar surface area (TPSA) is 77.2 Å². The van der Waals surface area contributed by atoms with Crippen LogP contribution in [0.2, 0.25) is 0 Å². The van der Waals surface area contributed by atoms with Crippen molar-refractivity contribution in [3.05, 3.63) is 65.9 Å². The molecule has 0 aliphatic heterocycles. The molecular weight excluding hydrogens is 354 g/mol. The molecule has 0 radical (unpaired) electrons. The average molecular weight is 376 g/mol. The Hall–Kier alpha value is -2.86. The fourth-order valence-electron chi connectivity index (χ4n) is 2.44. The lowest BCUT2D eigenvalue weighted by molar-refractivity contribution is 0.111. The van der Waals surface area contributed by atoms with Crippen LogP contribution in [0.15, 0.2) is 48.9 Å². The first-order valence-electron chi connectivity index (χ1n) is 8.80. The summed E-state index contributed by atoms with van der Waals surface area (Å²) < 4.78 is 24.1. The van der Waals surface area contributed by atoms with E-state index < -0.39 is 6.56 Å². The lowest BCUT2D eigenvalue weighted by Gasteiger charge is -2.15. The number of pyridine rings is 1. The molecule has 0 amide bonds. The molecule has 7 heteroatoms. The largest absolute Gasteiger partial charge is 0.507 e. The molecule has 0 fully saturated rings. The molecule has 3 aromatic rings. The number of benzene rings is 1. The molecule has 0 atom stereocenters. The van der Waals surface area contributed by atoms with E-state index in [0.717, 1.165) is 5.82 Å². The fraction of sp³-hybridized carbons (Fsp3) is 0.211. The van der Waals surface area contributed by atoms with Crippen molar-refractivity contribution in [3.63, 3.8) is 0 Å². The Morgan fingerprint density at radius 2 is 2.08 bits per heavy atom. The first-order chi connectivity index (χ1) is 12.8. The van der Waals surface area contributed by atoms with Gasteiger partial charge in [-0.05, 0) is 18.2 Å². The van der Waals surface area contributed by atoms with Crippen LogP contribution in [0.3, 0.4) is 0 Å². The molecule has 0 aliphatic carbocycles. The third-order valence-corrected chi connectivity index (χ3v) is 3.63. The predicted octanol–water partition coefficient (Wildman–Crippen LogP) is 3.91. The second-order valence-electron chi connectivity index (χ2n) is 5.70. The van der Waals surface area contributed by atoms with Crippen molar-refractivity contribution in [2.75, 3.05) is 0 Å². The number of aromatic nitrogens is 3. The second-order valence-corrected chi connectivity index (χ2v) is 5.70. The summed E-state index contributed by atoms with van der Waals surface area (Å²) in [4.78, 5) is 19.9. The van der Waals surface area contributed by atoms with Gasteiger partial charge in [-0.2, -0.15) is 0 Å². The number of carbonyl (C=O) groups is 1. The van der Waals surface area contributed by atoms with Gasteiger partial charge >= 0.3 is 0 Å². The molecule has 0 spiro atoms. The maximum Gasteiger partial charge on any atom is 0.157 e. The maximum absolute atomic E-state index is 11.3. The third kappa shape index (κ3) is 3.86. The zero-order chi connectivity index (χ0) is 19.6. The molecule has 0 saturated heterocycles. The molecule has 0 aliphatic rings. The summed E-state index contributed by atoms with van der Waals surface area (Å²) in [5, 5.41) is 9.80. The number of ether oxygens (including phenoxy) is 1. The number of rotatable bonds is 6. The van der Waals surface area contributed by atoms with Crippen molar-refractivity contribution in [2.45, 2.75) is 26.3 Å². The highest BCUT2D eigenvalue weighted by Crippen LogP contribution is 2.27. The summed E-state index contributed by atoms with van der Waals surface area (Å²) in [5.74, 6) is 0.850. The van der Waals surface area contributed by atoms with Gasteiger partial charge in [-0.25, -0.2) is 9.97 Å². The van der Waals surface area contributed by atoms with Gasteiger partial charge in [0.05, 0.1) is 8.30 Å². The van der Waals surface area contributed by atoms with Gasteiger partial charge in [0, 0.05) is 30.1 Å². The molecule has 0 bridgehead atoms. The summed E-state index contributed by atoms with van der Waals surface area (Å²) in [6.07, 6.45) is 5.33. The number of aromatic hydroxyl groups is 1. The van der Waals surface area contributed by atoms with Crippen molar-refractivity contribution < 1.29 is 17.4 Å². The monoisotopic (exact) mass is 375 g/mol. The highest BCUT2D eigenvalue weighted by atomic mass is 35.5. The summed E-state index contributed by atoms with van der Waals surface area (Å²) in [7, 11) is 0. The standard InChI is InChI=1S/C19H19N3O3.ClH/c1-13(2)18-21-9-10-22(18)19-14(5-4-8-20-19)12-25-17-7-3-6-16(24)15(17)11-23;/h3-11,13,24H,12H2,1-2H3;1H/i12D2;. The minimum atomic E-state index is -2.31. The molecule has 1 N–H and O–H groups in total. The Morgan fingerprint density at radius 1 is 1.27 bits per heavy atom. The van der Waals surface area contributed by atoms with Crippen molar-refractivity contribution in [2.24, 2.45) is 0 Å². The third-order valence-electron chi connectivity index (χ3n) is 3.63. The maximum atomic E-state index is 11.3. The molecule has 2 aromatic heterocycles. The van der Waals surface area contributed by atoms with Gasteiger partial charge in [-0.3, -0.25) is 9.36 Å². The van der Waals surface area contributed by atoms with E-state index >= 15 is 0 Å². The first-order valence-corrected chi connectivity index (χ1v) is 7.80. The van der Waals surface area contributed by atoms with E-state index in [0.29, 0.717) is 12.1 Å². The van der Waals surface area contributed by atoms with Gasteiger partial charge in [0.15, 0.2) is 6.29 Å². The number of imidazole rings is 1. The van der Waals surface area contributed by atoms with Gasteiger partial charge in [-0.1, -0.05) is 26.0 Å². The summed E-state index contributed by atoms with van der Waals surface area (Å²) in [6, 6.07) is 7.41. The minimum Gasteiger partial charge on any atom is -0.507 e. The number of nitrogens with zero attached hydrogens (tertiary/aromatic N) is 3. The Kier molecular flexibility index (Phi) is 5.42. The molecule has 2 heterocycles. The van der Waals surface area contributed by atoms with E-state index in [1.807, 2.05) is 13.8 Å². The number of hydrogen-bond acceptors (Lipinski definition) is 5. The fourth-order valence-corrected chi connectivity index (χ4v) is 2.44. The van der Waals surface area contributed by atoms with Crippen LogP contribution in [0.5, 0.6) is 11.5 Å². The van der Waals surface area contributed by atoms with Crippen LogP contribution in [0, 0.1) is 0 Å². The van der Waals surface area contributed by atoms with Crippen molar-refractivity contribution in [1.82, 2.24) is 14.5 Å². The summed E-state index contributed by atoms with van der Waals surface area (Å²) in [5.41, 5.74) is 0.0578. The molecular formula is C19H20ClN3O3. The second kappa shape index (κ2) is 8.49. The number of halogens is 1. The van der Waals surface area contributed by atoms with Gasteiger partial charge in [0.1, 0.15) is 29.7 Å². The quantitative estimate of drug-likeness (QED) is 0.661. The molecule has 6 nitrogen and oxygen atoms in total. The Labute approximate surface area is 160 Å². The van der Waals surface area contributed by atoms with Crippen LogP contribution in [-0.4, -0.2) is 25.9 Å². The zero-order valence-corrected chi connectivity index (χ0v) is 15.1. The SMILES string of the molecule is Cl.[2H]C([2H])(Oc1cccc(O)c1C=O)c1cccnc1-n1ccnc1C(C)C. The minimum absolute atomic E-state index is 0. The van der Waals surface area contributed by atoms with E-state index in [1.165, 1.54) is 18.2 Å². The van der Waals surface area contributed by atoms with E-state index in [4.69, 9.17) is 7.48 Å². The van der Waals surface area contributed by atoms with E-state index in [2.05, 4.69) is 9.97 Å². The highest BCUT2D eigenvalue weighted by molar-refractivity contribution is 5.85. The Morgan fingerprint density at radius 3 is 2.81 bits per heavy atom. The van der Waals surface area contributed by atoms with Gasteiger partial charge in [-0.15, -0.1) is 12.4 Å². The lowest BCUT2D eigenvalue weighted by atomic mass is 10.2. The molecule has 3 rings (SSSR count). The number of phenols is 1. The van der Waals surface area contributed by atoms with Crippen LogP contribution in [-0.2, 0) is 6.56 Å². The number of hydrogen-bond donors (Lipinski definition) is 1. The zero-order valence-electron chi connectivity index (χ0n) is 16.3. The highest BCUT2D eigenvalue weighted by Gasteiger charge is 2.14. The van der Waals surface area contributed by atoms with E-state index in [9.17, 15) is 9.90 Å². The van der Waals surface area contributed by atoms with Crippen molar-refractivity contribution in [3.8, 4) is 17.3 Å². The predicted molar refractivity (Wildman–Crippen MR) is 101 cm³/mol. The van der Waals surface area contributed by atoms with E-state index in [1.54, 1.807) is 35.3 Å². The number of carbonyl (C=O) groups excluding carboxylic acids is 1. The van der Waals surface area contributed by atoms with Crippen molar-refractivity contribution in [1.29, 1.82) is 0 Å². The first kappa shape index (κ1) is 16.6. The van der Waals surface area contributed by atoms with Crippen LogP contribution in [0.1, 0.15) is 44.3 Å². The molecule has 0 unspecified atom stereocenters. The van der Waals surface area contributed by atoms with Gasteiger partial charge in [0.2, 0.25) is 0 Å². The van der Waals surface area contributed by atoms with Crippen LogP contribution in [0.25, 0.3) is 5.82 Å². The van der Waals surface area contributed by atoms with Crippen LogP contribution < -0.4 is 4.74 Å². The van der Waals surface area contributed by atoms with Gasteiger partial charge in [0.25, 0.3) is 0 Å². The van der Waals surface area contributed by atoms with Crippen molar-refractivity contribution >= 4 is 18.7 Å². The average Bonchev–Trinajstić information content (AvgIpc) is 3.11. The van der Waals surface area contributed by atoms with Crippen LogP contribution >= 0.6 is 12.4 Å². The normalized spacial score (nSPS) is 12.1. The lowest BCUT2D eigenvalue weighted by Crippen LogP contribution is -2.09. The summed E-state index contributed by atoms with van der Waals surface area (Å²) in [6.45, 7) is 1.65. The van der Waals surface area contributed by atoms with Gasteiger partial charge < -0.3 is 9.84 Å².